The minimum Gasteiger partial charge on any atom is -0.544 e. The Labute approximate surface area is 107 Å². The van der Waals surface area contributed by atoms with Gasteiger partial charge in [-0.3, -0.25) is 0 Å². The van der Waals surface area contributed by atoms with E-state index in [-0.39, 0.29) is 5.41 Å². The Balaban J connectivity index is 3.20. The molecule has 2 heteroatoms. The topological polar surface area (TPSA) is 9.23 Å². The van der Waals surface area contributed by atoms with Gasteiger partial charge in [0.2, 0.25) is 8.32 Å². The molecule has 17 heavy (non-hydrogen) atoms. The molecule has 1 rings (SSSR count). The fourth-order valence-electron chi connectivity index (χ4n) is 2.03. The Morgan fingerprint density at radius 2 is 1.88 bits per heavy atom. The number of hydrogen-bond donors (Lipinski definition) is 0. The van der Waals surface area contributed by atoms with E-state index < -0.39 is 8.32 Å². The van der Waals surface area contributed by atoms with Crippen molar-refractivity contribution in [1.82, 2.24) is 0 Å². The molecule has 0 spiro atoms. The van der Waals surface area contributed by atoms with E-state index in [4.69, 9.17) is 4.43 Å². The van der Waals surface area contributed by atoms with Gasteiger partial charge in [0.1, 0.15) is 5.76 Å². The normalized spacial score (nSPS) is 19.5. The first kappa shape index (κ1) is 14.3. The van der Waals surface area contributed by atoms with Crippen molar-refractivity contribution in [3.63, 3.8) is 0 Å². The maximum absolute atomic E-state index is 6.21. The molecule has 0 radical (unpaired) electrons. The predicted octanol–water partition coefficient (Wildman–Crippen LogP) is 5.03. The van der Waals surface area contributed by atoms with E-state index >= 15 is 0 Å². The Hall–Kier alpha value is -0.723. The summed E-state index contributed by atoms with van der Waals surface area (Å²) in [7, 11) is -1.54. The summed E-state index contributed by atoms with van der Waals surface area (Å²) in [5.41, 5.74) is 6.17. The average Bonchev–Trinajstić information content (AvgIpc) is 2.07. The summed E-state index contributed by atoms with van der Waals surface area (Å²) in [6.45, 7) is 15.5. The summed E-state index contributed by atoms with van der Waals surface area (Å²) in [6.07, 6.45) is 4.54. The zero-order valence-corrected chi connectivity index (χ0v) is 13.4. The second-order valence-corrected chi connectivity index (χ2v) is 11.1. The molecule has 0 saturated heterocycles. The first-order chi connectivity index (χ1) is 7.62. The SMILES string of the molecule is CC(C)=C=C1C(O[Si](C)(C)C)=CCCC1(C)C. The lowest BCUT2D eigenvalue weighted by Crippen LogP contribution is -2.29. The summed E-state index contributed by atoms with van der Waals surface area (Å²) in [5.74, 6) is 1.08. The van der Waals surface area contributed by atoms with E-state index in [1.54, 1.807) is 0 Å². The third-order valence-electron chi connectivity index (χ3n) is 2.81. The lowest BCUT2D eigenvalue weighted by atomic mass is 9.76. The minimum atomic E-state index is -1.54. The number of allylic oxidation sites excluding steroid dienone is 2. The van der Waals surface area contributed by atoms with Gasteiger partial charge < -0.3 is 4.43 Å². The Morgan fingerprint density at radius 3 is 2.35 bits per heavy atom. The largest absolute Gasteiger partial charge is 0.544 e. The molecular weight excluding hydrogens is 224 g/mol. The third-order valence-corrected chi connectivity index (χ3v) is 3.65. The molecule has 0 aliphatic heterocycles. The monoisotopic (exact) mass is 250 g/mol. The third kappa shape index (κ3) is 4.21. The quantitative estimate of drug-likeness (QED) is 0.493. The van der Waals surface area contributed by atoms with Gasteiger partial charge in [-0.2, -0.15) is 0 Å². The van der Waals surface area contributed by atoms with Crippen molar-refractivity contribution < 1.29 is 4.43 Å². The Bertz CT molecular complexity index is 384. The molecule has 0 atom stereocenters. The van der Waals surface area contributed by atoms with Crippen LogP contribution in [0, 0.1) is 5.41 Å². The number of hydrogen-bond acceptors (Lipinski definition) is 1. The summed E-state index contributed by atoms with van der Waals surface area (Å²) in [5, 5.41) is 0. The van der Waals surface area contributed by atoms with Gasteiger partial charge in [0.25, 0.3) is 0 Å². The molecule has 0 heterocycles. The van der Waals surface area contributed by atoms with Crippen LogP contribution in [0.5, 0.6) is 0 Å². The highest BCUT2D eigenvalue weighted by Gasteiger charge is 2.32. The molecule has 1 aliphatic rings. The van der Waals surface area contributed by atoms with E-state index in [0.29, 0.717) is 0 Å². The van der Waals surface area contributed by atoms with Crippen LogP contribution in [0.3, 0.4) is 0 Å². The molecule has 0 amide bonds. The molecule has 0 bridgehead atoms. The molecule has 0 aromatic carbocycles. The van der Waals surface area contributed by atoms with Crippen LogP contribution < -0.4 is 0 Å². The van der Waals surface area contributed by atoms with Crippen molar-refractivity contribution >= 4 is 8.32 Å². The summed E-state index contributed by atoms with van der Waals surface area (Å²) < 4.78 is 6.21. The van der Waals surface area contributed by atoms with Gasteiger partial charge in [-0.25, -0.2) is 0 Å². The molecule has 0 N–H and O–H groups in total. The molecule has 0 fully saturated rings. The number of rotatable bonds is 2. The zero-order valence-electron chi connectivity index (χ0n) is 12.4. The van der Waals surface area contributed by atoms with Crippen molar-refractivity contribution in [3.8, 4) is 0 Å². The van der Waals surface area contributed by atoms with Crippen molar-refractivity contribution in [3.05, 3.63) is 28.7 Å². The fourth-order valence-corrected chi connectivity index (χ4v) is 2.87. The molecule has 1 nitrogen and oxygen atoms in total. The highest BCUT2D eigenvalue weighted by molar-refractivity contribution is 6.70. The maximum Gasteiger partial charge on any atom is 0.242 e. The Morgan fingerprint density at radius 1 is 1.29 bits per heavy atom. The van der Waals surface area contributed by atoms with Gasteiger partial charge in [-0.1, -0.05) is 13.8 Å². The molecule has 0 saturated carbocycles. The van der Waals surface area contributed by atoms with E-state index in [9.17, 15) is 0 Å². The van der Waals surface area contributed by atoms with Crippen molar-refractivity contribution in [2.24, 2.45) is 5.41 Å². The average molecular weight is 250 g/mol. The molecule has 96 valence electrons. The van der Waals surface area contributed by atoms with Gasteiger partial charge in [0.15, 0.2) is 0 Å². The maximum atomic E-state index is 6.21. The Kier molecular flexibility index (Phi) is 4.11. The molecule has 0 aromatic rings. The molecule has 1 aliphatic carbocycles. The van der Waals surface area contributed by atoms with Crippen LogP contribution in [-0.4, -0.2) is 8.32 Å². The van der Waals surface area contributed by atoms with Gasteiger partial charge in [-0.05, 0) is 58.0 Å². The summed E-state index contributed by atoms with van der Waals surface area (Å²) in [6, 6.07) is 0. The molecular formula is C15H26OSi. The standard InChI is InChI=1S/C15H26OSi/c1-12(2)11-13-14(16-17(5,6)7)9-8-10-15(13,3)4/h9H,8,10H2,1-7H3. The van der Waals surface area contributed by atoms with Crippen molar-refractivity contribution in [1.29, 1.82) is 0 Å². The highest BCUT2D eigenvalue weighted by atomic mass is 28.4. The van der Waals surface area contributed by atoms with Crippen LogP contribution in [0.15, 0.2) is 28.7 Å². The zero-order chi connectivity index (χ0) is 13.3. The van der Waals surface area contributed by atoms with E-state index in [2.05, 4.69) is 59.1 Å². The lowest BCUT2D eigenvalue weighted by Gasteiger charge is -2.34. The van der Waals surface area contributed by atoms with Crippen LogP contribution in [0.2, 0.25) is 19.6 Å². The first-order valence-corrected chi connectivity index (χ1v) is 9.87. The van der Waals surface area contributed by atoms with Crippen LogP contribution in [0.4, 0.5) is 0 Å². The van der Waals surface area contributed by atoms with Crippen molar-refractivity contribution in [2.45, 2.75) is 60.2 Å². The predicted molar refractivity (Wildman–Crippen MR) is 77.4 cm³/mol. The first-order valence-electron chi connectivity index (χ1n) is 6.46. The van der Waals surface area contributed by atoms with Gasteiger partial charge in [-0.15, -0.1) is 5.73 Å². The van der Waals surface area contributed by atoms with Crippen LogP contribution in [0.25, 0.3) is 0 Å². The summed E-state index contributed by atoms with van der Waals surface area (Å²) in [4.78, 5) is 0. The van der Waals surface area contributed by atoms with Gasteiger partial charge in [0.05, 0.1) is 0 Å². The van der Waals surface area contributed by atoms with E-state index in [0.717, 1.165) is 12.2 Å². The van der Waals surface area contributed by atoms with E-state index in [1.165, 1.54) is 17.6 Å². The van der Waals surface area contributed by atoms with Crippen LogP contribution in [-0.2, 0) is 4.43 Å². The smallest absolute Gasteiger partial charge is 0.242 e. The van der Waals surface area contributed by atoms with Gasteiger partial charge in [0, 0.05) is 11.0 Å². The fraction of sp³-hybridized carbons (Fsp3) is 0.667. The minimum absolute atomic E-state index is 0.182. The molecule has 0 aromatic heterocycles. The second kappa shape index (κ2) is 4.87. The van der Waals surface area contributed by atoms with Crippen LogP contribution in [0.1, 0.15) is 40.5 Å². The summed E-state index contributed by atoms with van der Waals surface area (Å²) >= 11 is 0. The molecule has 0 unspecified atom stereocenters. The van der Waals surface area contributed by atoms with Gasteiger partial charge >= 0.3 is 0 Å². The van der Waals surface area contributed by atoms with Crippen molar-refractivity contribution in [2.75, 3.05) is 0 Å². The van der Waals surface area contributed by atoms with Crippen LogP contribution >= 0.6 is 0 Å². The highest BCUT2D eigenvalue weighted by Crippen LogP contribution is 2.41. The second-order valence-electron chi connectivity index (χ2n) is 6.71. The van der Waals surface area contributed by atoms with E-state index in [1.807, 2.05) is 0 Å². The lowest BCUT2D eigenvalue weighted by molar-refractivity contribution is 0.334.